The Hall–Kier alpha value is -2.86. The van der Waals surface area contributed by atoms with Crippen molar-refractivity contribution in [3.63, 3.8) is 0 Å². The molecule has 0 amide bonds. The molecule has 0 saturated carbocycles. The van der Waals surface area contributed by atoms with E-state index in [2.05, 4.69) is 56.3 Å². The highest BCUT2D eigenvalue weighted by atomic mass is 16.3. The van der Waals surface area contributed by atoms with Gasteiger partial charge < -0.3 is 10.0 Å². The zero-order chi connectivity index (χ0) is 19.6. The topological polar surface area (TPSA) is 57.4 Å². The number of anilines is 1. The summed E-state index contributed by atoms with van der Waals surface area (Å²) in [5, 5.41) is 15.1. The zero-order valence-electron chi connectivity index (χ0n) is 16.7. The molecule has 150 valence electrons. The minimum atomic E-state index is 0.259. The normalized spacial score (nSPS) is 17.3. The Morgan fingerprint density at radius 2 is 1.69 bits per heavy atom. The van der Waals surface area contributed by atoms with E-state index in [4.69, 9.17) is 0 Å². The van der Waals surface area contributed by atoms with E-state index in [0.29, 0.717) is 5.82 Å². The van der Waals surface area contributed by atoms with Crippen LogP contribution in [0.1, 0.15) is 29.7 Å². The number of aromatic hydroxyl groups is 1. The minimum absolute atomic E-state index is 0.259. The molecule has 1 saturated heterocycles. The molecule has 1 aliphatic carbocycles. The van der Waals surface area contributed by atoms with E-state index in [1.54, 1.807) is 4.68 Å². The van der Waals surface area contributed by atoms with Gasteiger partial charge in [0, 0.05) is 38.3 Å². The molecule has 3 aromatic rings. The number of fused-ring (bicyclic) bond motifs is 1. The van der Waals surface area contributed by atoms with Gasteiger partial charge in [-0.3, -0.25) is 4.90 Å². The second-order valence-electron chi connectivity index (χ2n) is 7.99. The average molecular weight is 390 g/mol. The summed E-state index contributed by atoms with van der Waals surface area (Å²) in [6, 6.07) is 14.7. The first kappa shape index (κ1) is 18.2. The Balaban J connectivity index is 1.24. The van der Waals surface area contributed by atoms with Gasteiger partial charge in [0.1, 0.15) is 0 Å². The van der Waals surface area contributed by atoms with Crippen LogP contribution in [0.4, 0.5) is 5.69 Å². The van der Waals surface area contributed by atoms with Crippen LogP contribution in [0.15, 0.2) is 48.7 Å². The van der Waals surface area contributed by atoms with Crippen LogP contribution in [-0.4, -0.2) is 50.9 Å². The third-order valence-corrected chi connectivity index (χ3v) is 6.07. The molecule has 0 spiro atoms. The van der Waals surface area contributed by atoms with Crippen LogP contribution >= 0.6 is 0 Å². The second kappa shape index (κ2) is 7.87. The molecule has 3 heterocycles. The number of nitrogens with zero attached hydrogens (tertiary/aromatic N) is 5. The molecule has 1 aliphatic heterocycles. The first-order valence-corrected chi connectivity index (χ1v) is 10.6. The smallest absolute Gasteiger partial charge is 0.219 e. The number of aromatic nitrogens is 3. The van der Waals surface area contributed by atoms with Crippen LogP contribution in [-0.2, 0) is 19.4 Å². The molecule has 1 N–H and O–H groups in total. The highest BCUT2D eigenvalue weighted by Gasteiger charge is 2.22. The monoisotopic (exact) mass is 389 g/mol. The molecule has 1 aromatic carbocycles. The van der Waals surface area contributed by atoms with Gasteiger partial charge in [-0.2, -0.15) is 9.78 Å². The van der Waals surface area contributed by atoms with Crippen LogP contribution in [0.25, 0.3) is 5.82 Å². The fourth-order valence-electron chi connectivity index (χ4n) is 4.39. The lowest BCUT2D eigenvalue weighted by Crippen LogP contribution is -2.46. The SMILES string of the molecule is Oc1c2c(nn1-c1ccc(N3CCN(Cc4ccccc4)CC3)cn1)CCCC2. The molecule has 1 fully saturated rings. The van der Waals surface area contributed by atoms with Crippen molar-refractivity contribution in [1.82, 2.24) is 19.7 Å². The first-order chi connectivity index (χ1) is 14.3. The summed E-state index contributed by atoms with van der Waals surface area (Å²) in [4.78, 5) is 9.48. The third kappa shape index (κ3) is 3.72. The summed E-state index contributed by atoms with van der Waals surface area (Å²) in [6.45, 7) is 5.09. The lowest BCUT2D eigenvalue weighted by Gasteiger charge is -2.36. The Bertz CT molecular complexity index is 959. The summed E-state index contributed by atoms with van der Waals surface area (Å²) in [6.07, 6.45) is 6.02. The fourth-order valence-corrected chi connectivity index (χ4v) is 4.39. The predicted molar refractivity (Wildman–Crippen MR) is 114 cm³/mol. The van der Waals surface area contributed by atoms with Gasteiger partial charge in [-0.1, -0.05) is 30.3 Å². The van der Waals surface area contributed by atoms with Crippen molar-refractivity contribution in [2.75, 3.05) is 31.1 Å². The molecule has 2 aliphatic rings. The van der Waals surface area contributed by atoms with Crippen molar-refractivity contribution < 1.29 is 5.11 Å². The highest BCUT2D eigenvalue weighted by Crippen LogP contribution is 2.30. The van der Waals surface area contributed by atoms with E-state index in [1.165, 1.54) is 5.56 Å². The van der Waals surface area contributed by atoms with Gasteiger partial charge in [-0.05, 0) is 43.4 Å². The molecular formula is C23H27N5O. The first-order valence-electron chi connectivity index (χ1n) is 10.6. The van der Waals surface area contributed by atoms with Crippen molar-refractivity contribution in [2.24, 2.45) is 0 Å². The third-order valence-electron chi connectivity index (χ3n) is 6.07. The molecule has 0 bridgehead atoms. The van der Waals surface area contributed by atoms with Gasteiger partial charge in [-0.15, -0.1) is 0 Å². The van der Waals surface area contributed by atoms with E-state index in [0.717, 1.165) is 75.4 Å². The van der Waals surface area contributed by atoms with Gasteiger partial charge in [0.15, 0.2) is 5.82 Å². The number of aryl methyl sites for hydroxylation is 1. The van der Waals surface area contributed by atoms with Gasteiger partial charge >= 0.3 is 0 Å². The predicted octanol–water partition coefficient (Wildman–Crippen LogP) is 3.17. The number of pyridine rings is 1. The zero-order valence-corrected chi connectivity index (χ0v) is 16.7. The lowest BCUT2D eigenvalue weighted by atomic mass is 9.98. The number of piperazine rings is 1. The van der Waals surface area contributed by atoms with Crippen molar-refractivity contribution >= 4 is 5.69 Å². The van der Waals surface area contributed by atoms with Gasteiger partial charge in [0.05, 0.1) is 17.6 Å². The van der Waals surface area contributed by atoms with E-state index in [9.17, 15) is 5.11 Å². The van der Waals surface area contributed by atoms with E-state index in [-0.39, 0.29) is 5.88 Å². The minimum Gasteiger partial charge on any atom is -0.493 e. The maximum atomic E-state index is 10.5. The number of benzene rings is 1. The quantitative estimate of drug-likeness (QED) is 0.743. The molecule has 0 radical (unpaired) electrons. The average Bonchev–Trinajstić information content (AvgIpc) is 3.12. The summed E-state index contributed by atoms with van der Waals surface area (Å²) in [7, 11) is 0. The van der Waals surface area contributed by atoms with E-state index < -0.39 is 0 Å². The summed E-state index contributed by atoms with van der Waals surface area (Å²) < 4.78 is 1.59. The van der Waals surface area contributed by atoms with Crippen molar-refractivity contribution in [2.45, 2.75) is 32.2 Å². The summed E-state index contributed by atoms with van der Waals surface area (Å²) >= 11 is 0. The molecule has 5 rings (SSSR count). The maximum Gasteiger partial charge on any atom is 0.219 e. The summed E-state index contributed by atoms with van der Waals surface area (Å²) in [5.41, 5.74) is 4.52. The van der Waals surface area contributed by atoms with Gasteiger partial charge in [0.25, 0.3) is 0 Å². The second-order valence-corrected chi connectivity index (χ2v) is 7.99. The Labute approximate surface area is 171 Å². The molecule has 2 aromatic heterocycles. The van der Waals surface area contributed by atoms with Crippen molar-refractivity contribution in [1.29, 1.82) is 0 Å². The molecule has 29 heavy (non-hydrogen) atoms. The lowest BCUT2D eigenvalue weighted by molar-refractivity contribution is 0.250. The van der Waals surface area contributed by atoms with Crippen LogP contribution in [0.3, 0.4) is 0 Å². The largest absolute Gasteiger partial charge is 0.493 e. The fraction of sp³-hybridized carbons (Fsp3) is 0.391. The Kier molecular flexibility index (Phi) is 4.94. The Morgan fingerprint density at radius 3 is 2.41 bits per heavy atom. The van der Waals surface area contributed by atoms with Crippen LogP contribution < -0.4 is 4.90 Å². The van der Waals surface area contributed by atoms with Crippen LogP contribution in [0, 0.1) is 0 Å². The molecule has 0 atom stereocenters. The Morgan fingerprint density at radius 1 is 0.897 bits per heavy atom. The molecule has 6 heteroatoms. The number of hydrogen-bond donors (Lipinski definition) is 1. The van der Waals surface area contributed by atoms with Crippen molar-refractivity contribution in [3.05, 3.63) is 65.5 Å². The van der Waals surface area contributed by atoms with E-state index >= 15 is 0 Å². The molecule has 6 nitrogen and oxygen atoms in total. The van der Waals surface area contributed by atoms with Gasteiger partial charge in [0.2, 0.25) is 5.88 Å². The molecule has 0 unspecified atom stereocenters. The number of rotatable bonds is 4. The number of hydrogen-bond acceptors (Lipinski definition) is 5. The van der Waals surface area contributed by atoms with Crippen molar-refractivity contribution in [3.8, 4) is 11.7 Å². The van der Waals surface area contributed by atoms with E-state index in [1.807, 2.05) is 12.3 Å². The highest BCUT2D eigenvalue weighted by molar-refractivity contribution is 5.48. The standard InChI is InChI=1S/C23H27N5O/c29-23-20-8-4-5-9-21(20)25-28(23)22-11-10-19(16-24-22)27-14-12-26(13-15-27)17-18-6-2-1-3-7-18/h1-3,6-7,10-11,16,29H,4-5,8-9,12-15,17H2. The van der Waals surface area contributed by atoms with Gasteiger partial charge in [-0.25, -0.2) is 4.98 Å². The summed E-state index contributed by atoms with van der Waals surface area (Å²) in [5.74, 6) is 0.942. The van der Waals surface area contributed by atoms with Crippen LogP contribution in [0.5, 0.6) is 5.88 Å². The molecular weight excluding hydrogens is 362 g/mol. The van der Waals surface area contributed by atoms with Crippen LogP contribution in [0.2, 0.25) is 0 Å². The maximum absolute atomic E-state index is 10.5.